The molecule has 0 unspecified atom stereocenters. The zero-order valence-electron chi connectivity index (χ0n) is 18.7. The lowest BCUT2D eigenvalue weighted by molar-refractivity contribution is -0.153. The maximum absolute atomic E-state index is 13.1. The van der Waals surface area contributed by atoms with Gasteiger partial charge in [0.1, 0.15) is 11.4 Å². The highest BCUT2D eigenvalue weighted by atomic mass is 19.4. The van der Waals surface area contributed by atoms with Crippen LogP contribution in [0.5, 0.6) is 5.75 Å². The van der Waals surface area contributed by atoms with Crippen molar-refractivity contribution in [2.24, 2.45) is 5.92 Å². The molecule has 3 heterocycles. The fourth-order valence-corrected chi connectivity index (χ4v) is 4.35. The Morgan fingerprint density at radius 2 is 2.03 bits per heavy atom. The molecular formula is C23H24F3N5O4. The summed E-state index contributed by atoms with van der Waals surface area (Å²) >= 11 is 0. The molecule has 1 amide bonds. The second-order valence-corrected chi connectivity index (χ2v) is 9.03. The highest BCUT2D eigenvalue weighted by Crippen LogP contribution is 2.34. The summed E-state index contributed by atoms with van der Waals surface area (Å²) in [5.41, 5.74) is 2.25. The number of amides is 1. The largest absolute Gasteiger partial charge is 0.484 e. The fraction of sp³-hybridized carbons (Fsp3) is 0.478. The highest BCUT2D eigenvalue weighted by molar-refractivity contribution is 6.01. The molecule has 186 valence electrons. The molecular weight excluding hydrogens is 467 g/mol. The van der Waals surface area contributed by atoms with Crippen LogP contribution in [0, 0.1) is 5.92 Å². The predicted octanol–water partition coefficient (Wildman–Crippen LogP) is 3.25. The number of carbonyl (C=O) groups is 1. The minimum Gasteiger partial charge on any atom is -0.484 e. The van der Waals surface area contributed by atoms with Crippen LogP contribution in [0.1, 0.15) is 47.3 Å². The van der Waals surface area contributed by atoms with E-state index in [-0.39, 0.29) is 23.5 Å². The molecule has 2 aliphatic rings. The van der Waals surface area contributed by atoms with Gasteiger partial charge in [-0.25, -0.2) is 4.79 Å². The molecule has 3 aromatic rings. The first-order valence-corrected chi connectivity index (χ1v) is 11.5. The van der Waals surface area contributed by atoms with Crippen molar-refractivity contribution in [2.45, 2.75) is 57.3 Å². The predicted molar refractivity (Wildman–Crippen MR) is 117 cm³/mol. The van der Waals surface area contributed by atoms with Crippen LogP contribution in [-0.2, 0) is 19.4 Å². The second kappa shape index (κ2) is 9.23. The molecule has 0 radical (unpaired) electrons. The van der Waals surface area contributed by atoms with Crippen molar-refractivity contribution in [3.05, 3.63) is 51.6 Å². The lowest BCUT2D eigenvalue weighted by Gasteiger charge is -2.23. The van der Waals surface area contributed by atoms with Gasteiger partial charge in [-0.3, -0.25) is 19.0 Å². The molecule has 9 nitrogen and oxygen atoms in total. The highest BCUT2D eigenvalue weighted by Gasteiger charge is 2.34. The third-order valence-electron chi connectivity index (χ3n) is 6.22. The van der Waals surface area contributed by atoms with E-state index >= 15 is 0 Å². The summed E-state index contributed by atoms with van der Waals surface area (Å²) in [6, 6.07) is 6.31. The Balaban J connectivity index is 1.30. The molecule has 1 atom stereocenters. The zero-order chi connectivity index (χ0) is 24.6. The summed E-state index contributed by atoms with van der Waals surface area (Å²) in [5.74, 6) is -0.0496. The summed E-state index contributed by atoms with van der Waals surface area (Å²) in [7, 11) is 0. The molecule has 5 rings (SSSR count). The lowest BCUT2D eigenvalue weighted by atomic mass is 9.95. The molecule has 1 aliphatic heterocycles. The molecule has 1 aromatic carbocycles. The van der Waals surface area contributed by atoms with Crippen molar-refractivity contribution in [3.63, 3.8) is 0 Å². The third kappa shape index (κ3) is 5.57. The van der Waals surface area contributed by atoms with E-state index in [1.54, 1.807) is 16.8 Å². The van der Waals surface area contributed by atoms with Crippen molar-refractivity contribution in [1.82, 2.24) is 25.2 Å². The number of ether oxygens (including phenoxy) is 1. The molecule has 35 heavy (non-hydrogen) atoms. The van der Waals surface area contributed by atoms with Crippen LogP contribution in [-0.4, -0.2) is 44.7 Å². The number of aromatic nitrogens is 4. The number of H-pyrrole nitrogens is 1. The van der Waals surface area contributed by atoms with E-state index in [9.17, 15) is 22.8 Å². The number of alkyl halides is 3. The van der Waals surface area contributed by atoms with E-state index < -0.39 is 18.5 Å². The first-order valence-electron chi connectivity index (χ1n) is 11.5. The van der Waals surface area contributed by atoms with E-state index in [0.717, 1.165) is 12.0 Å². The summed E-state index contributed by atoms with van der Waals surface area (Å²) in [6.45, 7) is -0.745. The van der Waals surface area contributed by atoms with Gasteiger partial charge in [0.15, 0.2) is 6.61 Å². The molecule has 0 saturated heterocycles. The van der Waals surface area contributed by atoms with E-state index in [1.807, 2.05) is 6.07 Å². The van der Waals surface area contributed by atoms with Crippen molar-refractivity contribution in [1.29, 1.82) is 0 Å². The molecule has 0 bridgehead atoms. The average molecular weight is 491 g/mol. The van der Waals surface area contributed by atoms with Crippen molar-refractivity contribution in [3.8, 4) is 17.3 Å². The monoisotopic (exact) mass is 491 g/mol. The first kappa shape index (κ1) is 23.2. The number of halogens is 3. The van der Waals surface area contributed by atoms with Crippen LogP contribution in [0.2, 0.25) is 0 Å². The minimum atomic E-state index is -4.40. The van der Waals surface area contributed by atoms with Gasteiger partial charge < -0.3 is 10.1 Å². The molecule has 1 fully saturated rings. The Morgan fingerprint density at radius 1 is 1.20 bits per heavy atom. The molecule has 2 aromatic heterocycles. The number of rotatable bonds is 9. The SMILES string of the molecule is O=C1N[C@@H](CCc2cccc(OCC(F)(F)F)c2)Cc2nn(CCC3CC3)c(-c3noc(=O)[nH]3)c21. The lowest BCUT2D eigenvalue weighted by Crippen LogP contribution is -2.41. The molecule has 12 heteroatoms. The van der Waals surface area contributed by atoms with Gasteiger partial charge in [0.05, 0.1) is 11.3 Å². The van der Waals surface area contributed by atoms with E-state index in [4.69, 9.17) is 4.74 Å². The Bertz CT molecular complexity index is 1270. The maximum Gasteiger partial charge on any atom is 0.439 e. The summed E-state index contributed by atoms with van der Waals surface area (Å²) in [4.78, 5) is 27.1. The summed E-state index contributed by atoms with van der Waals surface area (Å²) in [6.07, 6.45) is 0.475. The number of aromatic amines is 1. The van der Waals surface area contributed by atoms with Crippen molar-refractivity contribution in [2.75, 3.05) is 6.61 Å². The third-order valence-corrected chi connectivity index (χ3v) is 6.22. The smallest absolute Gasteiger partial charge is 0.439 e. The number of nitrogens with zero attached hydrogens (tertiary/aromatic N) is 3. The quantitative estimate of drug-likeness (QED) is 0.475. The van der Waals surface area contributed by atoms with Gasteiger partial charge in [-0.2, -0.15) is 18.3 Å². The van der Waals surface area contributed by atoms with Gasteiger partial charge in [0.2, 0.25) is 5.82 Å². The van der Waals surface area contributed by atoms with Gasteiger partial charge in [-0.05, 0) is 42.9 Å². The first-order chi connectivity index (χ1) is 16.7. The Kier molecular flexibility index (Phi) is 6.12. The Morgan fingerprint density at radius 3 is 2.74 bits per heavy atom. The normalized spacial score (nSPS) is 17.8. The number of hydrogen-bond acceptors (Lipinski definition) is 6. The molecule has 1 saturated carbocycles. The average Bonchev–Trinajstić information content (AvgIpc) is 3.43. The van der Waals surface area contributed by atoms with Crippen molar-refractivity contribution < 1.29 is 27.2 Å². The Labute approximate surface area is 197 Å². The summed E-state index contributed by atoms with van der Waals surface area (Å²) in [5, 5.41) is 11.4. The molecule has 0 spiro atoms. The second-order valence-electron chi connectivity index (χ2n) is 9.03. The van der Waals surface area contributed by atoms with Gasteiger partial charge in [-0.1, -0.05) is 30.1 Å². The number of nitrogens with one attached hydrogen (secondary N) is 2. The van der Waals surface area contributed by atoms with Gasteiger partial charge in [0.25, 0.3) is 5.91 Å². The standard InChI is InChI=1S/C23H24F3N5O4/c24-23(25,26)12-34-16-3-1-2-14(10-16)6-7-15-11-17-18(21(32)27-15)19(20-28-22(33)35-30-20)31(29-17)9-8-13-4-5-13/h1-3,10,13,15H,4-9,11-12H2,(H,27,32)(H,28,30,33)/t15-/m0/s1. The Hall–Kier alpha value is -3.57. The number of carbonyl (C=O) groups excluding carboxylic acids is 1. The number of aryl methyl sites for hydroxylation is 2. The van der Waals surface area contributed by atoms with Crippen LogP contribution >= 0.6 is 0 Å². The molecule has 2 N–H and O–H groups in total. The molecule has 1 aliphatic carbocycles. The van der Waals surface area contributed by atoms with Crippen LogP contribution in [0.15, 0.2) is 33.6 Å². The number of hydrogen-bond donors (Lipinski definition) is 2. The summed E-state index contributed by atoms with van der Waals surface area (Å²) < 4.78 is 48.5. The van der Waals surface area contributed by atoms with Gasteiger partial charge in [0, 0.05) is 19.0 Å². The van der Waals surface area contributed by atoms with Crippen LogP contribution < -0.4 is 15.8 Å². The maximum atomic E-state index is 13.1. The van der Waals surface area contributed by atoms with Crippen LogP contribution in [0.25, 0.3) is 11.5 Å². The zero-order valence-corrected chi connectivity index (χ0v) is 18.7. The van der Waals surface area contributed by atoms with Crippen LogP contribution in [0.3, 0.4) is 0 Å². The van der Waals surface area contributed by atoms with E-state index in [0.29, 0.717) is 48.7 Å². The van der Waals surface area contributed by atoms with Gasteiger partial charge in [-0.15, -0.1) is 0 Å². The van der Waals surface area contributed by atoms with Gasteiger partial charge >= 0.3 is 11.9 Å². The number of fused-ring (bicyclic) bond motifs is 1. The fourth-order valence-electron chi connectivity index (χ4n) is 4.35. The van der Waals surface area contributed by atoms with E-state index in [1.165, 1.54) is 18.9 Å². The number of benzene rings is 1. The van der Waals surface area contributed by atoms with Crippen LogP contribution in [0.4, 0.5) is 13.2 Å². The minimum absolute atomic E-state index is 0.149. The van der Waals surface area contributed by atoms with E-state index in [2.05, 4.69) is 25.1 Å². The topological polar surface area (TPSA) is 115 Å². The van der Waals surface area contributed by atoms with Crippen molar-refractivity contribution >= 4 is 5.91 Å².